The van der Waals surface area contributed by atoms with E-state index >= 15 is 0 Å². The number of carbonyl (C=O) groups excluding carboxylic acids is 1. The van der Waals surface area contributed by atoms with E-state index in [-0.39, 0.29) is 5.41 Å². The van der Waals surface area contributed by atoms with Crippen molar-refractivity contribution in [1.82, 2.24) is 0 Å². The van der Waals surface area contributed by atoms with E-state index in [1.807, 2.05) is 13.8 Å². The van der Waals surface area contributed by atoms with Gasteiger partial charge in [-0.2, -0.15) is 0 Å². The van der Waals surface area contributed by atoms with Crippen molar-refractivity contribution in [3.05, 3.63) is 34.4 Å². The monoisotopic (exact) mass is 249 g/mol. The first-order valence-electron chi connectivity index (χ1n) is 6.13. The Bertz CT molecular complexity index is 435. The summed E-state index contributed by atoms with van der Waals surface area (Å²) in [5.41, 5.74) is 10.2. The van der Waals surface area contributed by atoms with Crippen molar-refractivity contribution in [3.8, 4) is 0 Å². The van der Waals surface area contributed by atoms with Crippen molar-refractivity contribution in [3.63, 3.8) is 0 Å². The minimum atomic E-state index is -0.705. The van der Waals surface area contributed by atoms with E-state index in [1.165, 1.54) is 12.7 Å². The van der Waals surface area contributed by atoms with E-state index in [9.17, 15) is 4.79 Å². The molecule has 1 aromatic carbocycles. The first-order valence-corrected chi connectivity index (χ1v) is 6.13. The van der Waals surface area contributed by atoms with Gasteiger partial charge in [0.1, 0.15) is 6.04 Å². The zero-order valence-corrected chi connectivity index (χ0v) is 12.1. The summed E-state index contributed by atoms with van der Waals surface area (Å²) < 4.78 is 4.71. The highest BCUT2D eigenvalue weighted by Gasteiger charge is 2.23. The summed E-state index contributed by atoms with van der Waals surface area (Å²) in [5.74, 6) is -0.398. The van der Waals surface area contributed by atoms with Crippen LogP contribution in [0.25, 0.3) is 0 Å². The maximum Gasteiger partial charge on any atom is 0.327 e. The third-order valence-corrected chi connectivity index (χ3v) is 3.23. The summed E-state index contributed by atoms with van der Waals surface area (Å²) in [7, 11) is 1.36. The largest absolute Gasteiger partial charge is 0.468 e. The molecular formula is C15H23NO2. The number of esters is 1. The standard InChI is InChI=1S/C15H23NO2/c1-9-7-11(15(3,4)5)8-10(2)12(9)13(16)14(17)18-6/h7-8,13H,16H2,1-6H3. The summed E-state index contributed by atoms with van der Waals surface area (Å²) in [4.78, 5) is 11.6. The molecule has 0 saturated heterocycles. The van der Waals surface area contributed by atoms with E-state index in [2.05, 4.69) is 32.9 Å². The molecule has 3 heteroatoms. The minimum absolute atomic E-state index is 0.0867. The third kappa shape index (κ3) is 2.91. The van der Waals surface area contributed by atoms with Crippen molar-refractivity contribution in [2.75, 3.05) is 7.11 Å². The van der Waals surface area contributed by atoms with Gasteiger partial charge in [0.15, 0.2) is 0 Å². The van der Waals surface area contributed by atoms with Crippen LogP contribution in [0.5, 0.6) is 0 Å². The predicted molar refractivity (Wildman–Crippen MR) is 73.6 cm³/mol. The van der Waals surface area contributed by atoms with E-state index in [1.54, 1.807) is 0 Å². The number of aryl methyl sites for hydroxylation is 2. The number of methoxy groups -OCH3 is 1. The maximum absolute atomic E-state index is 11.6. The number of ether oxygens (including phenoxy) is 1. The molecule has 0 radical (unpaired) electrons. The molecule has 1 aromatic rings. The van der Waals surface area contributed by atoms with E-state index < -0.39 is 12.0 Å². The lowest BCUT2D eigenvalue weighted by Gasteiger charge is -2.23. The fourth-order valence-corrected chi connectivity index (χ4v) is 2.14. The summed E-state index contributed by atoms with van der Waals surface area (Å²) in [6.07, 6.45) is 0. The molecule has 0 fully saturated rings. The maximum atomic E-state index is 11.6. The van der Waals surface area contributed by atoms with Gasteiger partial charge in [0.05, 0.1) is 7.11 Å². The Labute approximate surface area is 109 Å². The molecule has 0 amide bonds. The Hall–Kier alpha value is -1.35. The van der Waals surface area contributed by atoms with Crippen LogP contribution in [-0.4, -0.2) is 13.1 Å². The van der Waals surface area contributed by atoms with Gasteiger partial charge in [-0.15, -0.1) is 0 Å². The minimum Gasteiger partial charge on any atom is -0.468 e. The second-order valence-electron chi connectivity index (χ2n) is 5.77. The van der Waals surface area contributed by atoms with Crippen LogP contribution in [0.1, 0.15) is 49.1 Å². The van der Waals surface area contributed by atoms with Gasteiger partial charge >= 0.3 is 5.97 Å². The van der Waals surface area contributed by atoms with Crippen LogP contribution in [0, 0.1) is 13.8 Å². The van der Waals surface area contributed by atoms with Crippen LogP contribution in [0.4, 0.5) is 0 Å². The Morgan fingerprint density at radius 1 is 1.22 bits per heavy atom. The first-order chi connectivity index (χ1) is 8.18. The summed E-state index contributed by atoms with van der Waals surface area (Å²) >= 11 is 0. The quantitative estimate of drug-likeness (QED) is 0.820. The van der Waals surface area contributed by atoms with Crippen molar-refractivity contribution in [2.45, 2.75) is 46.1 Å². The second-order valence-corrected chi connectivity index (χ2v) is 5.77. The zero-order valence-electron chi connectivity index (χ0n) is 12.1. The molecule has 1 atom stereocenters. The summed E-state index contributed by atoms with van der Waals surface area (Å²) in [5, 5.41) is 0. The fourth-order valence-electron chi connectivity index (χ4n) is 2.14. The van der Waals surface area contributed by atoms with Crippen LogP contribution >= 0.6 is 0 Å². The van der Waals surface area contributed by atoms with Crippen LogP contribution in [0.3, 0.4) is 0 Å². The molecule has 0 saturated carbocycles. The van der Waals surface area contributed by atoms with Gasteiger partial charge in [-0.3, -0.25) is 4.79 Å². The molecule has 1 rings (SSSR count). The molecule has 0 aliphatic carbocycles. The number of hydrogen-bond acceptors (Lipinski definition) is 3. The fraction of sp³-hybridized carbons (Fsp3) is 0.533. The summed E-state index contributed by atoms with van der Waals surface area (Å²) in [6.45, 7) is 10.5. The lowest BCUT2D eigenvalue weighted by Crippen LogP contribution is -2.25. The van der Waals surface area contributed by atoms with E-state index in [0.29, 0.717) is 0 Å². The smallest absolute Gasteiger partial charge is 0.327 e. The second kappa shape index (κ2) is 5.11. The SMILES string of the molecule is COC(=O)C(N)c1c(C)cc(C(C)(C)C)cc1C. The molecule has 0 spiro atoms. The van der Waals surface area contributed by atoms with Crippen LogP contribution in [0.15, 0.2) is 12.1 Å². The van der Waals surface area contributed by atoms with Crippen LogP contribution in [-0.2, 0) is 14.9 Å². The number of benzene rings is 1. The Morgan fingerprint density at radius 2 is 1.67 bits per heavy atom. The Balaban J connectivity index is 3.29. The molecule has 0 aromatic heterocycles. The predicted octanol–water partition coefficient (Wildman–Crippen LogP) is 2.77. The van der Waals surface area contributed by atoms with Crippen molar-refractivity contribution in [2.24, 2.45) is 5.73 Å². The number of carbonyl (C=O) groups is 1. The molecule has 0 bridgehead atoms. The van der Waals surface area contributed by atoms with Gasteiger partial charge in [0, 0.05) is 0 Å². The molecule has 0 aliphatic heterocycles. The third-order valence-electron chi connectivity index (χ3n) is 3.23. The molecule has 0 heterocycles. The van der Waals surface area contributed by atoms with Crippen molar-refractivity contribution < 1.29 is 9.53 Å². The zero-order chi connectivity index (χ0) is 14.1. The molecular weight excluding hydrogens is 226 g/mol. The number of rotatable bonds is 2. The lowest BCUT2D eigenvalue weighted by molar-refractivity contribution is -0.142. The lowest BCUT2D eigenvalue weighted by atomic mass is 9.83. The van der Waals surface area contributed by atoms with Gasteiger partial charge in [-0.05, 0) is 41.5 Å². The molecule has 18 heavy (non-hydrogen) atoms. The van der Waals surface area contributed by atoms with Crippen LogP contribution < -0.4 is 5.73 Å². The van der Waals surface area contributed by atoms with E-state index in [4.69, 9.17) is 10.5 Å². The highest BCUT2D eigenvalue weighted by molar-refractivity contribution is 5.78. The average molecular weight is 249 g/mol. The first kappa shape index (κ1) is 14.7. The Kier molecular flexibility index (Phi) is 4.17. The van der Waals surface area contributed by atoms with Crippen molar-refractivity contribution in [1.29, 1.82) is 0 Å². The van der Waals surface area contributed by atoms with Gasteiger partial charge in [-0.1, -0.05) is 32.9 Å². The molecule has 0 aliphatic rings. The Morgan fingerprint density at radius 3 is 2.00 bits per heavy atom. The molecule has 2 N–H and O–H groups in total. The van der Waals surface area contributed by atoms with Gasteiger partial charge in [0.25, 0.3) is 0 Å². The molecule has 1 unspecified atom stereocenters. The van der Waals surface area contributed by atoms with Gasteiger partial charge in [0.2, 0.25) is 0 Å². The number of hydrogen-bond donors (Lipinski definition) is 1. The van der Waals surface area contributed by atoms with Gasteiger partial charge in [-0.25, -0.2) is 0 Å². The topological polar surface area (TPSA) is 52.3 Å². The normalized spacial score (nSPS) is 13.3. The average Bonchev–Trinajstić information content (AvgIpc) is 2.25. The van der Waals surface area contributed by atoms with Crippen molar-refractivity contribution >= 4 is 5.97 Å². The van der Waals surface area contributed by atoms with Gasteiger partial charge < -0.3 is 10.5 Å². The molecule has 100 valence electrons. The van der Waals surface area contributed by atoms with Crippen LogP contribution in [0.2, 0.25) is 0 Å². The highest BCUT2D eigenvalue weighted by Crippen LogP contribution is 2.29. The summed E-state index contributed by atoms with van der Waals surface area (Å²) in [6, 6.07) is 3.50. The van der Waals surface area contributed by atoms with E-state index in [0.717, 1.165) is 16.7 Å². The highest BCUT2D eigenvalue weighted by atomic mass is 16.5. The number of nitrogens with two attached hydrogens (primary N) is 1. The molecule has 3 nitrogen and oxygen atoms in total.